The second-order valence-electron chi connectivity index (χ2n) is 4.40. The number of benzene rings is 1. The maximum atomic E-state index is 11.2. The number of nitrogens with one attached hydrogen (secondary N) is 1. The molecule has 0 radical (unpaired) electrons. The highest BCUT2D eigenvalue weighted by molar-refractivity contribution is 7.10. The lowest BCUT2D eigenvalue weighted by Gasteiger charge is -2.05. The van der Waals surface area contributed by atoms with Crippen LogP contribution in [0.25, 0.3) is 6.08 Å². The van der Waals surface area contributed by atoms with E-state index < -0.39 is 5.97 Å². The van der Waals surface area contributed by atoms with Gasteiger partial charge in [0, 0.05) is 11.4 Å². The summed E-state index contributed by atoms with van der Waals surface area (Å²) in [6, 6.07) is 14.0. The molecule has 20 heavy (non-hydrogen) atoms. The predicted octanol–water partition coefficient (Wildman–Crippen LogP) is 3.05. The molecule has 1 aromatic carbocycles. The highest BCUT2D eigenvalue weighted by Crippen LogP contribution is 2.13. The highest BCUT2D eigenvalue weighted by atomic mass is 32.1. The summed E-state index contributed by atoms with van der Waals surface area (Å²) in [4.78, 5) is 12.2. The van der Waals surface area contributed by atoms with Crippen molar-refractivity contribution in [2.45, 2.75) is 6.42 Å². The molecule has 0 fully saturated rings. The number of rotatable bonds is 7. The third-order valence-corrected chi connectivity index (χ3v) is 3.70. The summed E-state index contributed by atoms with van der Waals surface area (Å²) >= 11 is 1.54. The summed E-state index contributed by atoms with van der Waals surface area (Å²) < 4.78 is 0. The van der Waals surface area contributed by atoms with Gasteiger partial charge in [0.15, 0.2) is 0 Å². The monoisotopic (exact) mass is 287 g/mol. The predicted molar refractivity (Wildman–Crippen MR) is 82.9 cm³/mol. The average molecular weight is 287 g/mol. The van der Waals surface area contributed by atoms with Gasteiger partial charge in [-0.3, -0.25) is 0 Å². The minimum atomic E-state index is -0.870. The fourth-order valence-corrected chi connectivity index (χ4v) is 2.52. The number of thiophene rings is 1. The molecule has 0 bridgehead atoms. The third-order valence-electron chi connectivity index (χ3n) is 2.88. The molecule has 0 aliphatic carbocycles. The van der Waals surface area contributed by atoms with Gasteiger partial charge < -0.3 is 10.4 Å². The zero-order valence-electron chi connectivity index (χ0n) is 11.1. The van der Waals surface area contributed by atoms with Crippen LogP contribution in [-0.2, 0) is 11.2 Å². The number of carbonyl (C=O) groups is 1. The molecule has 0 unspecified atom stereocenters. The summed E-state index contributed by atoms with van der Waals surface area (Å²) in [6.45, 7) is 1.14. The molecular formula is C16H17NO2S. The summed E-state index contributed by atoms with van der Waals surface area (Å²) in [5, 5.41) is 14.3. The molecular weight excluding hydrogens is 270 g/mol. The first-order chi connectivity index (χ1) is 9.75. The van der Waals surface area contributed by atoms with Gasteiger partial charge in [-0.25, -0.2) is 4.79 Å². The minimum absolute atomic E-state index is 0.375. The first-order valence-corrected chi connectivity index (χ1v) is 7.35. The Morgan fingerprint density at radius 2 is 2.00 bits per heavy atom. The van der Waals surface area contributed by atoms with Crippen molar-refractivity contribution in [3.8, 4) is 0 Å². The molecule has 1 heterocycles. The van der Waals surface area contributed by atoms with Crippen molar-refractivity contribution in [3.63, 3.8) is 0 Å². The SMILES string of the molecule is O=C(O)/C(=C/c1cccs1)CNCCc1ccccc1. The van der Waals surface area contributed by atoms with Crippen LogP contribution in [-0.4, -0.2) is 24.2 Å². The molecule has 0 saturated carbocycles. The van der Waals surface area contributed by atoms with Crippen LogP contribution in [0.15, 0.2) is 53.4 Å². The number of carboxylic acids is 1. The number of aliphatic carboxylic acids is 1. The topological polar surface area (TPSA) is 49.3 Å². The van der Waals surface area contributed by atoms with Crippen molar-refractivity contribution < 1.29 is 9.90 Å². The Morgan fingerprint density at radius 1 is 1.20 bits per heavy atom. The molecule has 0 aliphatic heterocycles. The fraction of sp³-hybridized carbons (Fsp3) is 0.188. The Labute approximate surface area is 122 Å². The highest BCUT2D eigenvalue weighted by Gasteiger charge is 2.07. The van der Waals surface area contributed by atoms with Gasteiger partial charge in [0.1, 0.15) is 0 Å². The van der Waals surface area contributed by atoms with Crippen molar-refractivity contribution in [2.24, 2.45) is 0 Å². The molecule has 2 N–H and O–H groups in total. The first kappa shape index (κ1) is 14.5. The maximum Gasteiger partial charge on any atom is 0.332 e. The van der Waals surface area contributed by atoms with E-state index in [1.807, 2.05) is 35.7 Å². The largest absolute Gasteiger partial charge is 0.478 e. The van der Waals surface area contributed by atoms with Crippen molar-refractivity contribution in [1.29, 1.82) is 0 Å². The van der Waals surface area contributed by atoms with Gasteiger partial charge in [-0.05, 0) is 36.1 Å². The van der Waals surface area contributed by atoms with E-state index in [0.29, 0.717) is 12.1 Å². The number of carboxylic acid groups (broad SMARTS) is 1. The molecule has 0 atom stereocenters. The lowest BCUT2D eigenvalue weighted by molar-refractivity contribution is -0.132. The van der Waals surface area contributed by atoms with Gasteiger partial charge in [0.25, 0.3) is 0 Å². The van der Waals surface area contributed by atoms with Crippen LogP contribution in [0.2, 0.25) is 0 Å². The molecule has 0 amide bonds. The smallest absolute Gasteiger partial charge is 0.332 e. The summed E-state index contributed by atoms with van der Waals surface area (Å²) in [5.74, 6) is -0.870. The van der Waals surface area contributed by atoms with Crippen molar-refractivity contribution in [1.82, 2.24) is 5.32 Å². The van der Waals surface area contributed by atoms with Crippen LogP contribution in [0.5, 0.6) is 0 Å². The van der Waals surface area contributed by atoms with Gasteiger partial charge in [-0.2, -0.15) is 0 Å². The van der Waals surface area contributed by atoms with Gasteiger partial charge >= 0.3 is 5.97 Å². The zero-order valence-corrected chi connectivity index (χ0v) is 11.9. The summed E-state index contributed by atoms with van der Waals surface area (Å²) in [6.07, 6.45) is 2.62. The van der Waals surface area contributed by atoms with Gasteiger partial charge in [0.2, 0.25) is 0 Å². The van der Waals surface area contributed by atoms with Crippen molar-refractivity contribution >= 4 is 23.4 Å². The quantitative estimate of drug-likeness (QED) is 0.608. The van der Waals surface area contributed by atoms with Crippen LogP contribution < -0.4 is 5.32 Å². The second-order valence-corrected chi connectivity index (χ2v) is 5.38. The van der Waals surface area contributed by atoms with Crippen molar-refractivity contribution in [2.75, 3.05) is 13.1 Å². The lowest BCUT2D eigenvalue weighted by Crippen LogP contribution is -2.23. The Morgan fingerprint density at radius 3 is 2.65 bits per heavy atom. The molecule has 0 spiro atoms. The number of hydrogen-bond acceptors (Lipinski definition) is 3. The lowest BCUT2D eigenvalue weighted by atomic mass is 10.1. The normalized spacial score (nSPS) is 11.5. The van der Waals surface area contributed by atoms with Crippen LogP contribution in [0, 0.1) is 0 Å². The van der Waals surface area contributed by atoms with Crippen LogP contribution in [0.3, 0.4) is 0 Å². The van der Waals surface area contributed by atoms with E-state index in [9.17, 15) is 9.90 Å². The molecule has 0 aliphatic rings. The Balaban J connectivity index is 1.83. The third kappa shape index (κ3) is 4.64. The van der Waals surface area contributed by atoms with E-state index in [1.165, 1.54) is 16.9 Å². The molecule has 2 aromatic rings. The minimum Gasteiger partial charge on any atom is -0.478 e. The first-order valence-electron chi connectivity index (χ1n) is 6.48. The standard InChI is InChI=1S/C16H17NO2S/c18-16(19)14(11-15-7-4-10-20-15)12-17-9-8-13-5-2-1-3-6-13/h1-7,10-11,17H,8-9,12H2,(H,18,19)/b14-11+. The molecule has 2 rings (SSSR count). The van der Waals surface area contributed by atoms with Crippen LogP contribution in [0.1, 0.15) is 10.4 Å². The van der Waals surface area contributed by atoms with Gasteiger partial charge in [0.05, 0.1) is 5.57 Å². The van der Waals surface area contributed by atoms with E-state index in [4.69, 9.17) is 0 Å². The zero-order chi connectivity index (χ0) is 14.2. The Bertz CT molecular complexity index is 561. The van der Waals surface area contributed by atoms with Crippen LogP contribution in [0.4, 0.5) is 0 Å². The maximum absolute atomic E-state index is 11.2. The van der Waals surface area contributed by atoms with E-state index in [2.05, 4.69) is 17.4 Å². The van der Waals surface area contributed by atoms with E-state index in [-0.39, 0.29) is 0 Å². The Hall–Kier alpha value is -1.91. The number of hydrogen-bond donors (Lipinski definition) is 2. The average Bonchev–Trinajstić information content (AvgIpc) is 2.96. The van der Waals surface area contributed by atoms with Gasteiger partial charge in [-0.1, -0.05) is 36.4 Å². The molecule has 0 saturated heterocycles. The van der Waals surface area contributed by atoms with E-state index in [0.717, 1.165) is 17.8 Å². The molecule has 4 heteroatoms. The second kappa shape index (κ2) is 7.62. The molecule has 3 nitrogen and oxygen atoms in total. The van der Waals surface area contributed by atoms with Gasteiger partial charge in [-0.15, -0.1) is 11.3 Å². The fourth-order valence-electron chi connectivity index (χ4n) is 1.83. The van der Waals surface area contributed by atoms with E-state index in [1.54, 1.807) is 6.08 Å². The summed E-state index contributed by atoms with van der Waals surface area (Å²) in [7, 11) is 0. The van der Waals surface area contributed by atoms with Crippen molar-refractivity contribution in [3.05, 3.63) is 63.9 Å². The van der Waals surface area contributed by atoms with E-state index >= 15 is 0 Å². The molecule has 1 aromatic heterocycles. The molecule has 104 valence electrons. The summed E-state index contributed by atoms with van der Waals surface area (Å²) in [5.41, 5.74) is 1.64. The Kier molecular flexibility index (Phi) is 5.53. The van der Waals surface area contributed by atoms with Crippen LogP contribution >= 0.6 is 11.3 Å².